The molecular weight excluding hydrogens is 502 g/mol. The van der Waals surface area contributed by atoms with E-state index in [0.717, 1.165) is 32.6 Å². The molecule has 0 spiro atoms. The van der Waals surface area contributed by atoms with E-state index in [9.17, 15) is 4.79 Å². The van der Waals surface area contributed by atoms with Crippen molar-refractivity contribution in [1.29, 1.82) is 0 Å². The molecule has 0 bridgehead atoms. The van der Waals surface area contributed by atoms with Crippen LogP contribution in [0.3, 0.4) is 0 Å². The van der Waals surface area contributed by atoms with E-state index < -0.39 is 6.16 Å². The fraction of sp³-hybridized carbons (Fsp3) is 0.300. The van der Waals surface area contributed by atoms with Crippen LogP contribution < -0.4 is 10.6 Å². The summed E-state index contributed by atoms with van der Waals surface area (Å²) in [5.74, 6) is 3.07. The largest absolute Gasteiger partial charge is 0.508 e. The number of nitrogens with zero attached hydrogens (tertiary/aromatic N) is 3. The molecule has 2 N–H and O–H groups in total. The molecule has 0 unspecified atom stereocenters. The number of anilines is 3. The Hall–Kier alpha value is -2.24. The lowest BCUT2D eigenvalue weighted by molar-refractivity contribution is 0.0627. The number of hydrogen-bond acceptors (Lipinski definition) is 10. The highest BCUT2D eigenvalue weighted by Crippen LogP contribution is 2.25. The minimum atomic E-state index is -0.663. The summed E-state index contributed by atoms with van der Waals surface area (Å²) in [6, 6.07) is 9.68. The number of aromatic nitrogens is 3. The number of nitrogens with one attached hydrogen (secondary N) is 2. The number of halogens is 1. The fourth-order valence-electron chi connectivity index (χ4n) is 2.51. The first kappa shape index (κ1) is 23.4. The molecule has 3 aromatic rings. The second kappa shape index (κ2) is 12.6. The van der Waals surface area contributed by atoms with Crippen molar-refractivity contribution in [1.82, 2.24) is 15.0 Å². The van der Waals surface area contributed by atoms with E-state index in [-0.39, 0.29) is 6.61 Å². The molecule has 0 aliphatic rings. The summed E-state index contributed by atoms with van der Waals surface area (Å²) in [6.45, 7) is 2.99. The van der Waals surface area contributed by atoms with Gasteiger partial charge in [0.1, 0.15) is 31.2 Å². The highest BCUT2D eigenvalue weighted by Gasteiger charge is 2.08. The number of carbonyl (C=O) groups excluding carboxylic acids is 1. The Labute approximate surface area is 196 Å². The Morgan fingerprint density at radius 3 is 2.84 bits per heavy atom. The predicted molar refractivity (Wildman–Crippen MR) is 131 cm³/mol. The molecule has 0 saturated heterocycles. The van der Waals surface area contributed by atoms with Gasteiger partial charge in [-0.2, -0.15) is 0 Å². The second-order valence-electron chi connectivity index (χ2n) is 6.05. The van der Waals surface area contributed by atoms with E-state index in [1.54, 1.807) is 27.8 Å². The van der Waals surface area contributed by atoms with Crippen LogP contribution in [0.25, 0.3) is 10.9 Å². The molecule has 0 radical (unpaired) electrons. The molecule has 164 valence electrons. The first-order valence-electron chi connectivity index (χ1n) is 9.57. The number of pyridine rings is 1. The van der Waals surface area contributed by atoms with Crippen LogP contribution in [0.15, 0.2) is 47.3 Å². The molecule has 0 aliphatic carbocycles. The lowest BCUT2D eigenvalue weighted by Gasteiger charge is -2.11. The van der Waals surface area contributed by atoms with Gasteiger partial charge in [0.25, 0.3) is 0 Å². The molecule has 0 atom stereocenters. The van der Waals surface area contributed by atoms with Crippen LogP contribution in [-0.4, -0.2) is 52.4 Å². The third kappa shape index (κ3) is 7.75. The highest BCUT2D eigenvalue weighted by atomic mass is 79.9. The number of fused-ring (bicyclic) bond motifs is 1. The van der Waals surface area contributed by atoms with Crippen molar-refractivity contribution < 1.29 is 14.3 Å². The molecule has 1 aromatic carbocycles. The average molecular weight is 524 g/mol. The van der Waals surface area contributed by atoms with Crippen LogP contribution in [-0.2, 0) is 9.47 Å². The predicted octanol–water partition coefficient (Wildman–Crippen LogP) is 5.50. The maximum Gasteiger partial charge on any atom is 0.508 e. The summed E-state index contributed by atoms with van der Waals surface area (Å²) in [5.41, 5.74) is 1.62. The van der Waals surface area contributed by atoms with Crippen LogP contribution >= 0.6 is 37.5 Å². The molecular formula is C20H22BrN5O3S2. The van der Waals surface area contributed by atoms with Crippen LogP contribution in [0.2, 0.25) is 0 Å². The third-order valence-electron chi connectivity index (χ3n) is 3.82. The van der Waals surface area contributed by atoms with E-state index in [0.29, 0.717) is 24.8 Å². The van der Waals surface area contributed by atoms with Gasteiger partial charge in [0, 0.05) is 27.1 Å². The Bertz CT molecular complexity index is 1010. The van der Waals surface area contributed by atoms with Crippen molar-refractivity contribution in [2.45, 2.75) is 6.92 Å². The van der Waals surface area contributed by atoms with Gasteiger partial charge >= 0.3 is 6.16 Å². The van der Waals surface area contributed by atoms with Gasteiger partial charge in [0.05, 0.1) is 18.3 Å². The first-order chi connectivity index (χ1) is 15.2. The standard InChI is InChI=1S/C20H22BrN5O3S2/c1-2-30-31-9-8-29-20(27)28-7-6-22-18-11-16-17(12-23-18)24-13-25-19(16)26-15-5-3-4-14(21)10-15/h3-5,10-13H,2,6-9H2,1H3,(H,22,23)(H,24,25,26). The molecule has 11 heteroatoms. The average Bonchev–Trinajstić information content (AvgIpc) is 2.77. The lowest BCUT2D eigenvalue weighted by Crippen LogP contribution is -2.16. The molecule has 0 fully saturated rings. The smallest absolute Gasteiger partial charge is 0.433 e. The van der Waals surface area contributed by atoms with Crippen LogP contribution in [0.4, 0.5) is 22.1 Å². The number of rotatable bonds is 11. The summed E-state index contributed by atoms with van der Waals surface area (Å²) < 4.78 is 11.0. The third-order valence-corrected chi connectivity index (χ3v) is 6.76. The number of carbonyl (C=O) groups is 1. The monoisotopic (exact) mass is 523 g/mol. The zero-order chi connectivity index (χ0) is 21.9. The minimum Gasteiger partial charge on any atom is -0.433 e. The van der Waals surface area contributed by atoms with E-state index in [1.165, 1.54) is 6.33 Å². The zero-order valence-electron chi connectivity index (χ0n) is 16.8. The van der Waals surface area contributed by atoms with Crippen molar-refractivity contribution in [3.05, 3.63) is 47.3 Å². The molecule has 0 aliphatic heterocycles. The van der Waals surface area contributed by atoms with E-state index in [2.05, 4.69) is 48.4 Å². The SMILES string of the molecule is CCSSCCOC(=O)OCCNc1cc2c(Nc3cccc(Br)c3)ncnc2cn1. The summed E-state index contributed by atoms with van der Waals surface area (Å²) in [7, 11) is 3.40. The Balaban J connectivity index is 1.52. The van der Waals surface area contributed by atoms with Gasteiger partial charge in [-0.3, -0.25) is 0 Å². The summed E-state index contributed by atoms with van der Waals surface area (Å²) in [6.07, 6.45) is 2.51. The summed E-state index contributed by atoms with van der Waals surface area (Å²) in [4.78, 5) is 24.5. The minimum absolute atomic E-state index is 0.170. The maximum atomic E-state index is 11.6. The topological polar surface area (TPSA) is 98.3 Å². The van der Waals surface area contributed by atoms with Crippen molar-refractivity contribution >= 4 is 71.9 Å². The van der Waals surface area contributed by atoms with E-state index >= 15 is 0 Å². The molecule has 3 rings (SSSR count). The van der Waals surface area contributed by atoms with Gasteiger partial charge in [0.2, 0.25) is 0 Å². The number of benzene rings is 1. The van der Waals surface area contributed by atoms with Gasteiger partial charge in [-0.15, -0.1) is 0 Å². The maximum absolute atomic E-state index is 11.6. The molecule has 2 heterocycles. The van der Waals surface area contributed by atoms with Crippen molar-refractivity contribution in [3.8, 4) is 0 Å². The highest BCUT2D eigenvalue weighted by molar-refractivity contribution is 9.10. The fourth-order valence-corrected chi connectivity index (χ4v) is 4.41. The quantitative estimate of drug-likeness (QED) is 0.190. The van der Waals surface area contributed by atoms with Gasteiger partial charge in [-0.25, -0.2) is 19.7 Å². The van der Waals surface area contributed by atoms with Crippen molar-refractivity contribution in [2.75, 3.05) is 41.9 Å². The van der Waals surface area contributed by atoms with E-state index in [1.807, 2.05) is 30.3 Å². The van der Waals surface area contributed by atoms with Gasteiger partial charge in [-0.05, 0) is 24.3 Å². The number of hydrogen-bond donors (Lipinski definition) is 2. The van der Waals surface area contributed by atoms with Gasteiger partial charge in [-0.1, -0.05) is 50.5 Å². The lowest BCUT2D eigenvalue weighted by atomic mass is 10.2. The molecule has 2 aromatic heterocycles. The summed E-state index contributed by atoms with van der Waals surface area (Å²) in [5, 5.41) is 7.26. The second-order valence-corrected chi connectivity index (χ2v) is 9.83. The zero-order valence-corrected chi connectivity index (χ0v) is 20.1. The van der Waals surface area contributed by atoms with Crippen molar-refractivity contribution in [2.24, 2.45) is 0 Å². The normalized spacial score (nSPS) is 10.6. The molecule has 8 nitrogen and oxygen atoms in total. The molecule has 0 saturated carbocycles. The Kier molecular flexibility index (Phi) is 9.50. The van der Waals surface area contributed by atoms with Crippen molar-refractivity contribution in [3.63, 3.8) is 0 Å². The van der Waals surface area contributed by atoms with Crippen LogP contribution in [0.1, 0.15) is 6.92 Å². The van der Waals surface area contributed by atoms with E-state index in [4.69, 9.17) is 9.47 Å². The van der Waals surface area contributed by atoms with Crippen LogP contribution in [0, 0.1) is 0 Å². The number of ether oxygens (including phenoxy) is 2. The summed E-state index contributed by atoms with van der Waals surface area (Å²) >= 11 is 3.47. The first-order valence-corrected chi connectivity index (χ1v) is 12.8. The van der Waals surface area contributed by atoms with Gasteiger partial charge in [0.15, 0.2) is 0 Å². The Morgan fingerprint density at radius 2 is 2.00 bits per heavy atom. The molecule has 0 amide bonds. The molecule has 31 heavy (non-hydrogen) atoms. The van der Waals surface area contributed by atoms with Gasteiger partial charge < -0.3 is 20.1 Å². The Morgan fingerprint density at radius 1 is 1.13 bits per heavy atom. The van der Waals surface area contributed by atoms with Crippen LogP contribution in [0.5, 0.6) is 0 Å².